The molecule has 0 saturated heterocycles. The molecule has 0 aliphatic heterocycles. The number of likely N-dealkylation sites (N-methyl/N-ethyl adjacent to an activating group) is 1. The predicted molar refractivity (Wildman–Crippen MR) is 122 cm³/mol. The van der Waals surface area contributed by atoms with Crippen molar-refractivity contribution < 1.29 is 14.3 Å². The maximum absolute atomic E-state index is 12.0. The van der Waals surface area contributed by atoms with Crippen LogP contribution in [0.2, 0.25) is 0 Å². The quantitative estimate of drug-likeness (QED) is 0.506. The zero-order valence-corrected chi connectivity index (χ0v) is 18.2. The van der Waals surface area contributed by atoms with E-state index >= 15 is 0 Å². The summed E-state index contributed by atoms with van der Waals surface area (Å²) in [6.07, 6.45) is 0. The number of hydrogen-bond acceptors (Lipinski definition) is 8. The van der Waals surface area contributed by atoms with Crippen LogP contribution in [0.1, 0.15) is 10.4 Å². The first kappa shape index (κ1) is 22.0. The Bertz CT molecular complexity index is 1020. The minimum absolute atomic E-state index is 0.410. The van der Waals surface area contributed by atoms with Crippen LogP contribution in [0, 0.1) is 0 Å². The van der Waals surface area contributed by atoms with E-state index in [0.717, 1.165) is 17.8 Å². The van der Waals surface area contributed by atoms with Crippen LogP contribution in [0.25, 0.3) is 11.3 Å². The Morgan fingerprint density at radius 3 is 2.48 bits per heavy atom. The van der Waals surface area contributed by atoms with Crippen LogP contribution in [0.3, 0.4) is 0 Å². The van der Waals surface area contributed by atoms with Crippen LogP contribution in [0.15, 0.2) is 54.6 Å². The summed E-state index contributed by atoms with van der Waals surface area (Å²) in [5.41, 5.74) is 2.75. The maximum atomic E-state index is 12.0. The first-order chi connectivity index (χ1) is 15.0. The number of aromatic nitrogens is 2. The molecule has 0 unspecified atom stereocenters. The van der Waals surface area contributed by atoms with Gasteiger partial charge >= 0.3 is 5.97 Å². The van der Waals surface area contributed by atoms with Gasteiger partial charge < -0.3 is 25.0 Å². The summed E-state index contributed by atoms with van der Waals surface area (Å²) >= 11 is 0. The molecule has 0 atom stereocenters. The highest BCUT2D eigenvalue weighted by atomic mass is 16.5. The molecule has 0 bridgehead atoms. The zero-order chi connectivity index (χ0) is 22.2. The monoisotopic (exact) mass is 421 g/mol. The number of rotatable bonds is 9. The summed E-state index contributed by atoms with van der Waals surface area (Å²) in [6.45, 7) is 1.54. The summed E-state index contributed by atoms with van der Waals surface area (Å²) in [6, 6.07) is 16.8. The van der Waals surface area contributed by atoms with E-state index in [4.69, 9.17) is 9.47 Å². The molecule has 8 nitrogen and oxygen atoms in total. The lowest BCUT2D eigenvalue weighted by atomic mass is 10.1. The van der Waals surface area contributed by atoms with Crippen molar-refractivity contribution in [2.75, 3.05) is 52.0 Å². The van der Waals surface area contributed by atoms with Crippen molar-refractivity contribution in [3.63, 3.8) is 0 Å². The molecular weight excluding hydrogens is 394 g/mol. The first-order valence-corrected chi connectivity index (χ1v) is 9.86. The van der Waals surface area contributed by atoms with Crippen molar-refractivity contribution in [3.8, 4) is 17.0 Å². The Balaban J connectivity index is 1.97. The highest BCUT2D eigenvalue weighted by Gasteiger charge is 2.13. The Morgan fingerprint density at radius 1 is 1.03 bits per heavy atom. The van der Waals surface area contributed by atoms with Crippen molar-refractivity contribution in [1.82, 2.24) is 14.9 Å². The molecule has 31 heavy (non-hydrogen) atoms. The summed E-state index contributed by atoms with van der Waals surface area (Å²) in [5.74, 6) is 1.23. The molecule has 3 rings (SSSR count). The van der Waals surface area contributed by atoms with Crippen LogP contribution >= 0.6 is 0 Å². The molecule has 1 aromatic heterocycles. The SMILES string of the molecule is COC(=O)c1ccc(OC)c(Nc2cc(-c3ccccc3)nc(NCCN(C)C)n2)c1. The van der Waals surface area contributed by atoms with E-state index in [-0.39, 0.29) is 0 Å². The fourth-order valence-corrected chi connectivity index (χ4v) is 2.93. The van der Waals surface area contributed by atoms with E-state index < -0.39 is 5.97 Å². The summed E-state index contributed by atoms with van der Waals surface area (Å²) in [5, 5.41) is 6.53. The molecular formula is C23H27N5O3. The number of carbonyl (C=O) groups excluding carboxylic acids is 1. The lowest BCUT2D eigenvalue weighted by Gasteiger charge is -2.15. The van der Waals surface area contributed by atoms with Crippen LogP contribution in [0.4, 0.5) is 17.5 Å². The average Bonchev–Trinajstić information content (AvgIpc) is 2.78. The van der Waals surface area contributed by atoms with Crippen molar-refractivity contribution in [2.45, 2.75) is 0 Å². The molecule has 8 heteroatoms. The van der Waals surface area contributed by atoms with Crippen LogP contribution in [-0.2, 0) is 4.74 Å². The van der Waals surface area contributed by atoms with Gasteiger partial charge in [-0.1, -0.05) is 30.3 Å². The second-order valence-electron chi connectivity index (χ2n) is 7.09. The second kappa shape index (κ2) is 10.4. The third-order valence-corrected chi connectivity index (χ3v) is 4.52. The largest absolute Gasteiger partial charge is 0.495 e. The van der Waals surface area contributed by atoms with Gasteiger partial charge in [0.25, 0.3) is 0 Å². The lowest BCUT2D eigenvalue weighted by molar-refractivity contribution is 0.0600. The van der Waals surface area contributed by atoms with Gasteiger partial charge in [-0.05, 0) is 32.3 Å². The summed E-state index contributed by atoms with van der Waals surface area (Å²) in [7, 11) is 6.94. The minimum atomic E-state index is -0.426. The Morgan fingerprint density at radius 2 is 1.81 bits per heavy atom. The van der Waals surface area contributed by atoms with E-state index in [0.29, 0.717) is 35.3 Å². The number of hydrogen-bond donors (Lipinski definition) is 2. The molecule has 0 aliphatic rings. The number of benzene rings is 2. The molecule has 0 spiro atoms. The minimum Gasteiger partial charge on any atom is -0.495 e. The smallest absolute Gasteiger partial charge is 0.337 e. The van der Waals surface area contributed by atoms with Crippen molar-refractivity contribution in [2.24, 2.45) is 0 Å². The topological polar surface area (TPSA) is 88.6 Å². The number of esters is 1. The van der Waals surface area contributed by atoms with Gasteiger partial charge in [-0.3, -0.25) is 0 Å². The van der Waals surface area contributed by atoms with Gasteiger partial charge in [-0.15, -0.1) is 0 Å². The van der Waals surface area contributed by atoms with E-state index in [1.807, 2.05) is 50.5 Å². The molecule has 0 radical (unpaired) electrons. The normalized spacial score (nSPS) is 10.6. The van der Waals surface area contributed by atoms with Gasteiger partial charge in [0.15, 0.2) is 0 Å². The number of ether oxygens (including phenoxy) is 2. The van der Waals surface area contributed by atoms with Crippen LogP contribution < -0.4 is 15.4 Å². The molecule has 0 aliphatic carbocycles. The number of anilines is 3. The van der Waals surface area contributed by atoms with Gasteiger partial charge in [0.05, 0.1) is 31.2 Å². The van der Waals surface area contributed by atoms with Gasteiger partial charge in [0, 0.05) is 24.7 Å². The molecule has 162 valence electrons. The van der Waals surface area contributed by atoms with E-state index in [9.17, 15) is 4.79 Å². The van der Waals surface area contributed by atoms with Crippen LogP contribution in [-0.4, -0.2) is 62.2 Å². The predicted octanol–water partition coefficient (Wildman–Crippen LogP) is 3.66. The van der Waals surface area contributed by atoms with Crippen molar-refractivity contribution in [3.05, 3.63) is 60.2 Å². The van der Waals surface area contributed by atoms with Crippen molar-refractivity contribution in [1.29, 1.82) is 0 Å². The lowest BCUT2D eigenvalue weighted by Crippen LogP contribution is -2.21. The third kappa shape index (κ3) is 5.93. The molecule has 0 fully saturated rings. The number of nitrogens with one attached hydrogen (secondary N) is 2. The molecule has 0 amide bonds. The molecule has 2 N–H and O–H groups in total. The second-order valence-corrected chi connectivity index (χ2v) is 7.09. The fourth-order valence-electron chi connectivity index (χ4n) is 2.93. The van der Waals surface area contributed by atoms with Crippen LogP contribution in [0.5, 0.6) is 5.75 Å². The van der Waals surface area contributed by atoms with Gasteiger partial charge in [-0.2, -0.15) is 4.98 Å². The van der Waals surface area contributed by atoms with Crippen molar-refractivity contribution >= 4 is 23.4 Å². The highest BCUT2D eigenvalue weighted by Crippen LogP contribution is 2.30. The first-order valence-electron chi connectivity index (χ1n) is 9.86. The number of carbonyl (C=O) groups is 1. The molecule has 0 saturated carbocycles. The Kier molecular flexibility index (Phi) is 7.40. The molecule has 1 heterocycles. The maximum Gasteiger partial charge on any atom is 0.337 e. The zero-order valence-electron chi connectivity index (χ0n) is 18.2. The summed E-state index contributed by atoms with van der Waals surface area (Å²) < 4.78 is 10.3. The average molecular weight is 422 g/mol. The molecule has 2 aromatic carbocycles. The van der Waals surface area contributed by atoms with Gasteiger partial charge in [-0.25, -0.2) is 9.78 Å². The van der Waals surface area contributed by atoms with E-state index in [1.165, 1.54) is 7.11 Å². The third-order valence-electron chi connectivity index (χ3n) is 4.52. The van der Waals surface area contributed by atoms with Gasteiger partial charge in [0.2, 0.25) is 5.95 Å². The van der Waals surface area contributed by atoms with Gasteiger partial charge in [0.1, 0.15) is 11.6 Å². The van der Waals surface area contributed by atoms with E-state index in [2.05, 4.69) is 25.5 Å². The number of methoxy groups -OCH3 is 2. The Hall–Kier alpha value is -3.65. The number of nitrogens with zero attached hydrogens (tertiary/aromatic N) is 3. The highest BCUT2D eigenvalue weighted by molar-refractivity contribution is 5.91. The fraction of sp³-hybridized carbons (Fsp3) is 0.261. The Labute approximate surface area is 182 Å². The van der Waals surface area contributed by atoms with E-state index in [1.54, 1.807) is 25.3 Å². The summed E-state index contributed by atoms with van der Waals surface area (Å²) in [4.78, 5) is 23.3. The standard InChI is InChI=1S/C23H27N5O3/c1-28(2)13-12-24-23-26-18(16-8-6-5-7-9-16)15-21(27-23)25-19-14-17(22(29)31-4)10-11-20(19)30-3/h5-11,14-15H,12-13H2,1-4H3,(H2,24,25,26,27). The molecule has 3 aromatic rings.